The van der Waals surface area contributed by atoms with Crippen LogP contribution in [0.2, 0.25) is 0 Å². The number of benzene rings is 2. The molecule has 0 spiro atoms. The first-order chi connectivity index (χ1) is 8.90. The van der Waals surface area contributed by atoms with Gasteiger partial charge in [0.25, 0.3) is 0 Å². The second kappa shape index (κ2) is 4.96. The summed E-state index contributed by atoms with van der Waals surface area (Å²) in [7, 11) is 0. The first kappa shape index (κ1) is 13.5. The molecule has 0 aliphatic carbocycles. The summed E-state index contributed by atoms with van der Waals surface area (Å²) in [5.74, 6) is -1.59. The highest BCUT2D eigenvalue weighted by atomic mass is 19.1. The molecule has 0 radical (unpaired) electrons. The molecular formula is C15H14F3N. The van der Waals surface area contributed by atoms with Gasteiger partial charge in [-0.05, 0) is 50.1 Å². The van der Waals surface area contributed by atoms with E-state index in [0.717, 1.165) is 11.6 Å². The Morgan fingerprint density at radius 3 is 2.21 bits per heavy atom. The molecule has 1 N–H and O–H groups in total. The first-order valence-corrected chi connectivity index (χ1v) is 5.88. The zero-order valence-electron chi connectivity index (χ0n) is 10.9. The van der Waals surface area contributed by atoms with Crippen molar-refractivity contribution in [1.29, 1.82) is 0 Å². The first-order valence-electron chi connectivity index (χ1n) is 5.88. The van der Waals surface area contributed by atoms with Crippen molar-refractivity contribution < 1.29 is 13.2 Å². The fourth-order valence-corrected chi connectivity index (χ4v) is 1.85. The smallest absolute Gasteiger partial charge is 0.150 e. The minimum atomic E-state index is -0.570. The number of anilines is 2. The van der Waals surface area contributed by atoms with Crippen molar-refractivity contribution in [2.75, 3.05) is 5.32 Å². The Morgan fingerprint density at radius 1 is 0.895 bits per heavy atom. The van der Waals surface area contributed by atoms with Gasteiger partial charge in [0.2, 0.25) is 0 Å². The molecule has 0 fully saturated rings. The Labute approximate surface area is 110 Å². The molecule has 0 atom stereocenters. The molecule has 0 saturated carbocycles. The largest absolute Gasteiger partial charge is 0.350 e. The van der Waals surface area contributed by atoms with Crippen LogP contribution in [-0.2, 0) is 0 Å². The molecule has 0 unspecified atom stereocenters. The van der Waals surface area contributed by atoms with Crippen LogP contribution >= 0.6 is 0 Å². The maximum atomic E-state index is 14.0. The fraction of sp³-hybridized carbons (Fsp3) is 0.200. The lowest BCUT2D eigenvalue weighted by Gasteiger charge is -2.14. The third-order valence-electron chi connectivity index (χ3n) is 3.03. The fourth-order valence-electron chi connectivity index (χ4n) is 1.85. The maximum absolute atomic E-state index is 14.0. The average molecular weight is 265 g/mol. The van der Waals surface area contributed by atoms with E-state index in [1.165, 1.54) is 26.0 Å². The molecule has 1 nitrogen and oxygen atoms in total. The minimum Gasteiger partial charge on any atom is -0.350 e. The summed E-state index contributed by atoms with van der Waals surface area (Å²) in [5.41, 5.74) is 1.16. The molecule has 19 heavy (non-hydrogen) atoms. The van der Waals surface area contributed by atoms with Gasteiger partial charge in [-0.1, -0.05) is 6.07 Å². The Balaban J connectivity index is 2.49. The maximum Gasteiger partial charge on any atom is 0.150 e. The van der Waals surface area contributed by atoms with Crippen LogP contribution in [0.15, 0.2) is 24.3 Å². The predicted octanol–water partition coefficient (Wildman–Crippen LogP) is 4.77. The third-order valence-corrected chi connectivity index (χ3v) is 3.03. The monoisotopic (exact) mass is 265 g/mol. The van der Waals surface area contributed by atoms with Gasteiger partial charge in [-0.15, -0.1) is 0 Å². The van der Waals surface area contributed by atoms with Gasteiger partial charge in [0.15, 0.2) is 0 Å². The number of rotatable bonds is 2. The molecule has 0 bridgehead atoms. The van der Waals surface area contributed by atoms with Gasteiger partial charge in [-0.25, -0.2) is 13.2 Å². The summed E-state index contributed by atoms with van der Waals surface area (Å²) < 4.78 is 41.3. The Bertz CT molecular complexity index is 610. The highest BCUT2D eigenvalue weighted by Crippen LogP contribution is 2.29. The highest BCUT2D eigenvalue weighted by molar-refractivity contribution is 5.65. The Morgan fingerprint density at radius 2 is 1.58 bits per heavy atom. The van der Waals surface area contributed by atoms with Crippen LogP contribution in [0.25, 0.3) is 0 Å². The van der Waals surface area contributed by atoms with Crippen LogP contribution in [0.5, 0.6) is 0 Å². The van der Waals surface area contributed by atoms with Gasteiger partial charge in [-0.2, -0.15) is 0 Å². The molecule has 4 heteroatoms. The van der Waals surface area contributed by atoms with Gasteiger partial charge in [0.05, 0.1) is 11.4 Å². The molecule has 2 aromatic carbocycles. The van der Waals surface area contributed by atoms with Gasteiger partial charge in [0.1, 0.15) is 17.5 Å². The van der Waals surface area contributed by atoms with E-state index in [0.29, 0.717) is 0 Å². The van der Waals surface area contributed by atoms with Crippen molar-refractivity contribution in [2.45, 2.75) is 20.8 Å². The third kappa shape index (κ3) is 2.57. The summed E-state index contributed by atoms with van der Waals surface area (Å²) in [6.45, 7) is 4.67. The van der Waals surface area contributed by atoms with Crippen LogP contribution in [0.1, 0.15) is 16.7 Å². The van der Waals surface area contributed by atoms with E-state index in [1.54, 1.807) is 13.0 Å². The highest BCUT2D eigenvalue weighted by Gasteiger charge is 2.15. The summed E-state index contributed by atoms with van der Waals surface area (Å²) in [6, 6.07) is 5.66. The molecule has 0 saturated heterocycles. The lowest BCUT2D eigenvalue weighted by atomic mass is 10.1. The number of hydrogen-bond acceptors (Lipinski definition) is 1. The summed E-state index contributed by atoms with van der Waals surface area (Å²) in [4.78, 5) is 0. The number of hydrogen-bond donors (Lipinski definition) is 1. The standard InChI is InChI=1S/C15H14F3N/c1-8-4-5-13(12(17)6-8)19-15-10(3)11(16)7-9(2)14(15)18/h4-7,19H,1-3H3. The van der Waals surface area contributed by atoms with E-state index >= 15 is 0 Å². The van der Waals surface area contributed by atoms with Crippen molar-refractivity contribution in [2.24, 2.45) is 0 Å². The van der Waals surface area contributed by atoms with Crippen molar-refractivity contribution in [3.05, 3.63) is 58.4 Å². The number of aryl methyl sites for hydroxylation is 2. The topological polar surface area (TPSA) is 12.0 Å². The van der Waals surface area contributed by atoms with Crippen LogP contribution in [0.3, 0.4) is 0 Å². The van der Waals surface area contributed by atoms with E-state index < -0.39 is 17.5 Å². The summed E-state index contributed by atoms with van der Waals surface area (Å²) in [6.07, 6.45) is 0. The van der Waals surface area contributed by atoms with Gasteiger partial charge >= 0.3 is 0 Å². The minimum absolute atomic E-state index is 0.0275. The number of nitrogens with one attached hydrogen (secondary N) is 1. The van der Waals surface area contributed by atoms with E-state index in [2.05, 4.69) is 5.32 Å². The van der Waals surface area contributed by atoms with Crippen molar-refractivity contribution in [3.63, 3.8) is 0 Å². The zero-order valence-corrected chi connectivity index (χ0v) is 10.9. The molecule has 0 aliphatic rings. The summed E-state index contributed by atoms with van der Waals surface area (Å²) in [5, 5.41) is 2.63. The molecule has 0 aromatic heterocycles. The second-order valence-corrected chi connectivity index (χ2v) is 4.60. The quantitative estimate of drug-likeness (QED) is 0.824. The van der Waals surface area contributed by atoms with Crippen molar-refractivity contribution in [3.8, 4) is 0 Å². The number of halogens is 3. The van der Waals surface area contributed by atoms with E-state index in [-0.39, 0.29) is 22.5 Å². The molecule has 0 amide bonds. The molecule has 100 valence electrons. The van der Waals surface area contributed by atoms with Gasteiger partial charge < -0.3 is 5.32 Å². The Hall–Kier alpha value is -1.97. The van der Waals surface area contributed by atoms with E-state index in [4.69, 9.17) is 0 Å². The van der Waals surface area contributed by atoms with Crippen LogP contribution < -0.4 is 5.32 Å². The van der Waals surface area contributed by atoms with Gasteiger partial charge in [0, 0.05) is 5.56 Å². The predicted molar refractivity (Wildman–Crippen MR) is 70.3 cm³/mol. The average Bonchev–Trinajstić information content (AvgIpc) is 2.34. The van der Waals surface area contributed by atoms with E-state index in [9.17, 15) is 13.2 Å². The molecule has 2 rings (SSSR count). The van der Waals surface area contributed by atoms with Crippen molar-refractivity contribution >= 4 is 11.4 Å². The van der Waals surface area contributed by atoms with Gasteiger partial charge in [-0.3, -0.25) is 0 Å². The normalized spacial score (nSPS) is 10.6. The van der Waals surface area contributed by atoms with E-state index in [1.807, 2.05) is 0 Å². The molecule has 0 aliphatic heterocycles. The zero-order chi connectivity index (χ0) is 14.2. The lowest BCUT2D eigenvalue weighted by molar-refractivity contribution is 0.588. The summed E-state index contributed by atoms with van der Waals surface area (Å²) >= 11 is 0. The lowest BCUT2D eigenvalue weighted by Crippen LogP contribution is -2.03. The Kier molecular flexibility index (Phi) is 3.51. The molecule has 0 heterocycles. The van der Waals surface area contributed by atoms with Crippen molar-refractivity contribution in [1.82, 2.24) is 0 Å². The molecule has 2 aromatic rings. The van der Waals surface area contributed by atoms with Crippen LogP contribution in [0.4, 0.5) is 24.5 Å². The van der Waals surface area contributed by atoms with Crippen LogP contribution in [0, 0.1) is 38.2 Å². The SMILES string of the molecule is Cc1ccc(Nc2c(C)c(F)cc(C)c2F)c(F)c1. The second-order valence-electron chi connectivity index (χ2n) is 4.60. The molecular weight excluding hydrogens is 251 g/mol. The van der Waals surface area contributed by atoms with Crippen LogP contribution in [-0.4, -0.2) is 0 Å².